The second kappa shape index (κ2) is 5.56. The van der Waals surface area contributed by atoms with Gasteiger partial charge in [-0.2, -0.15) is 0 Å². The van der Waals surface area contributed by atoms with Crippen LogP contribution in [0, 0.1) is 0 Å². The minimum absolute atomic E-state index is 0.971. The number of piperidine rings is 1. The van der Waals surface area contributed by atoms with E-state index in [9.17, 15) is 0 Å². The number of nitrogens with one attached hydrogen (secondary N) is 1. The van der Waals surface area contributed by atoms with Crippen molar-refractivity contribution >= 4 is 33.1 Å². The highest BCUT2D eigenvalue weighted by atomic mass is 15.3. The second-order valence-electron chi connectivity index (χ2n) is 6.80. The SMILES string of the molecule is c1ccc2nc3c(nc2c1)c1ccccc1n3C[NH+]1CCCCC1. The number of fused-ring (bicyclic) bond motifs is 4. The maximum absolute atomic E-state index is 4.97. The van der Waals surface area contributed by atoms with E-state index in [2.05, 4.69) is 34.9 Å². The predicted octanol–water partition coefficient (Wildman–Crippen LogP) is 2.76. The molecule has 2 aromatic carbocycles. The summed E-state index contributed by atoms with van der Waals surface area (Å²) in [7, 11) is 0. The van der Waals surface area contributed by atoms with Crippen molar-refractivity contribution in [1.29, 1.82) is 0 Å². The smallest absolute Gasteiger partial charge is 0.164 e. The molecule has 2 aromatic heterocycles. The topological polar surface area (TPSA) is 35.1 Å². The van der Waals surface area contributed by atoms with E-state index >= 15 is 0 Å². The molecular weight excluding hydrogens is 296 g/mol. The number of hydrogen-bond donors (Lipinski definition) is 1. The van der Waals surface area contributed by atoms with E-state index in [1.54, 1.807) is 4.90 Å². The van der Waals surface area contributed by atoms with E-state index < -0.39 is 0 Å². The summed E-state index contributed by atoms with van der Waals surface area (Å²) in [6.07, 6.45) is 4.04. The third-order valence-electron chi connectivity index (χ3n) is 5.20. The lowest BCUT2D eigenvalue weighted by Crippen LogP contribution is -3.12. The van der Waals surface area contributed by atoms with Crippen LogP contribution in [0.2, 0.25) is 0 Å². The lowest BCUT2D eigenvalue weighted by molar-refractivity contribution is -0.926. The summed E-state index contributed by atoms with van der Waals surface area (Å²) in [5.74, 6) is 0. The Bertz CT molecular complexity index is 1030. The monoisotopic (exact) mass is 317 g/mol. The van der Waals surface area contributed by atoms with Crippen LogP contribution in [-0.4, -0.2) is 27.6 Å². The predicted molar refractivity (Wildman–Crippen MR) is 97.1 cm³/mol. The Morgan fingerprint density at radius 1 is 0.833 bits per heavy atom. The van der Waals surface area contributed by atoms with Gasteiger partial charge >= 0.3 is 0 Å². The van der Waals surface area contributed by atoms with Crippen molar-refractivity contribution in [2.45, 2.75) is 25.9 Å². The largest absolute Gasteiger partial charge is 0.318 e. The molecule has 120 valence electrons. The van der Waals surface area contributed by atoms with Crippen LogP contribution >= 0.6 is 0 Å². The molecule has 4 aromatic rings. The molecule has 1 aliphatic heterocycles. The molecule has 1 fully saturated rings. The summed E-state index contributed by atoms with van der Waals surface area (Å²) in [4.78, 5) is 11.5. The van der Waals surface area contributed by atoms with Crippen LogP contribution in [0.4, 0.5) is 0 Å². The molecule has 1 aliphatic rings. The zero-order chi connectivity index (χ0) is 15.9. The van der Waals surface area contributed by atoms with E-state index in [-0.39, 0.29) is 0 Å². The summed E-state index contributed by atoms with van der Waals surface area (Å²) in [5, 5.41) is 1.21. The highest BCUT2D eigenvalue weighted by Gasteiger charge is 2.19. The molecule has 5 rings (SSSR count). The molecule has 0 unspecified atom stereocenters. The third-order valence-corrected chi connectivity index (χ3v) is 5.20. The van der Waals surface area contributed by atoms with Crippen LogP contribution in [0.25, 0.3) is 33.1 Å². The van der Waals surface area contributed by atoms with Gasteiger partial charge in [0.15, 0.2) is 12.3 Å². The first-order valence-corrected chi connectivity index (χ1v) is 8.87. The normalized spacial score (nSPS) is 16.3. The van der Waals surface area contributed by atoms with Gasteiger partial charge in [0, 0.05) is 5.39 Å². The van der Waals surface area contributed by atoms with Crippen LogP contribution in [-0.2, 0) is 6.67 Å². The van der Waals surface area contributed by atoms with Crippen molar-refractivity contribution in [1.82, 2.24) is 14.5 Å². The quantitative estimate of drug-likeness (QED) is 0.617. The van der Waals surface area contributed by atoms with Crippen molar-refractivity contribution < 1.29 is 4.90 Å². The first-order chi connectivity index (χ1) is 11.9. The third kappa shape index (κ3) is 2.18. The lowest BCUT2D eigenvalue weighted by atomic mass is 10.1. The number of para-hydroxylation sites is 3. The molecule has 1 N–H and O–H groups in total. The Labute approximate surface area is 140 Å². The molecule has 3 heterocycles. The van der Waals surface area contributed by atoms with E-state index in [0.717, 1.165) is 28.9 Å². The number of likely N-dealkylation sites (tertiary alicyclic amines) is 1. The molecule has 1 saturated heterocycles. The zero-order valence-corrected chi connectivity index (χ0v) is 13.7. The number of rotatable bonds is 2. The highest BCUT2D eigenvalue weighted by Crippen LogP contribution is 2.27. The Kier molecular flexibility index (Phi) is 3.23. The van der Waals surface area contributed by atoms with Gasteiger partial charge in [0.05, 0.1) is 29.6 Å². The maximum atomic E-state index is 4.97. The lowest BCUT2D eigenvalue weighted by Gasteiger charge is -2.24. The van der Waals surface area contributed by atoms with Gasteiger partial charge in [0.1, 0.15) is 5.52 Å². The van der Waals surface area contributed by atoms with E-state index in [1.165, 1.54) is 43.3 Å². The number of nitrogens with zero attached hydrogens (tertiary/aromatic N) is 3. The minimum Gasteiger partial charge on any atom is -0.318 e. The van der Waals surface area contributed by atoms with Gasteiger partial charge in [-0.15, -0.1) is 0 Å². The molecule has 4 heteroatoms. The number of hydrogen-bond acceptors (Lipinski definition) is 2. The average Bonchev–Trinajstić information content (AvgIpc) is 2.94. The first kappa shape index (κ1) is 13.9. The standard InChI is InChI=1S/C20H20N4/c1-6-12-23(13-7-1)14-24-18-11-5-2-8-15(18)19-20(24)22-17-10-4-3-9-16(17)21-19/h2-5,8-11H,1,6-7,12-14H2/p+1. The first-order valence-electron chi connectivity index (χ1n) is 8.87. The van der Waals surface area contributed by atoms with Gasteiger partial charge in [-0.3, -0.25) is 4.57 Å². The fourth-order valence-electron chi connectivity index (χ4n) is 3.98. The Morgan fingerprint density at radius 3 is 2.38 bits per heavy atom. The van der Waals surface area contributed by atoms with E-state index in [4.69, 9.17) is 9.97 Å². The number of quaternary nitrogens is 1. The molecule has 0 saturated carbocycles. The second-order valence-corrected chi connectivity index (χ2v) is 6.80. The van der Waals surface area contributed by atoms with Crippen LogP contribution in [0.3, 0.4) is 0 Å². The molecule has 0 atom stereocenters. The zero-order valence-electron chi connectivity index (χ0n) is 13.7. The number of aromatic nitrogens is 3. The summed E-state index contributed by atoms with van der Waals surface area (Å²) >= 11 is 0. The molecule has 0 amide bonds. The number of benzene rings is 2. The van der Waals surface area contributed by atoms with Gasteiger partial charge in [-0.05, 0) is 37.5 Å². The van der Waals surface area contributed by atoms with Gasteiger partial charge in [-0.25, -0.2) is 9.97 Å². The Balaban J connectivity index is 1.76. The summed E-state index contributed by atoms with van der Waals surface area (Å²) in [6, 6.07) is 16.7. The molecule has 0 radical (unpaired) electrons. The fraction of sp³-hybridized carbons (Fsp3) is 0.300. The summed E-state index contributed by atoms with van der Waals surface area (Å²) < 4.78 is 2.38. The van der Waals surface area contributed by atoms with Crippen molar-refractivity contribution in [2.75, 3.05) is 13.1 Å². The average molecular weight is 317 g/mol. The Morgan fingerprint density at radius 2 is 1.54 bits per heavy atom. The van der Waals surface area contributed by atoms with Crippen LogP contribution < -0.4 is 4.90 Å². The van der Waals surface area contributed by atoms with Crippen molar-refractivity contribution in [2.24, 2.45) is 0 Å². The van der Waals surface area contributed by atoms with Crippen molar-refractivity contribution in [3.8, 4) is 0 Å². The Hall–Kier alpha value is -2.46. The fourth-order valence-corrected chi connectivity index (χ4v) is 3.98. The molecule has 24 heavy (non-hydrogen) atoms. The van der Waals surface area contributed by atoms with Gasteiger partial charge < -0.3 is 4.90 Å². The van der Waals surface area contributed by atoms with Gasteiger partial charge in [-0.1, -0.05) is 30.3 Å². The molecular formula is C20H21N4+. The van der Waals surface area contributed by atoms with Gasteiger partial charge in [0.2, 0.25) is 0 Å². The molecule has 4 nitrogen and oxygen atoms in total. The van der Waals surface area contributed by atoms with E-state index in [1.807, 2.05) is 18.2 Å². The minimum atomic E-state index is 0.971. The van der Waals surface area contributed by atoms with Crippen LogP contribution in [0.1, 0.15) is 19.3 Å². The van der Waals surface area contributed by atoms with E-state index in [0.29, 0.717) is 0 Å². The highest BCUT2D eigenvalue weighted by molar-refractivity contribution is 6.06. The van der Waals surface area contributed by atoms with Crippen LogP contribution in [0.15, 0.2) is 48.5 Å². The van der Waals surface area contributed by atoms with Crippen LogP contribution in [0.5, 0.6) is 0 Å². The van der Waals surface area contributed by atoms with Crippen molar-refractivity contribution in [3.05, 3.63) is 48.5 Å². The maximum Gasteiger partial charge on any atom is 0.164 e. The molecule has 0 bridgehead atoms. The summed E-state index contributed by atoms with van der Waals surface area (Å²) in [6.45, 7) is 3.50. The van der Waals surface area contributed by atoms with Crippen molar-refractivity contribution in [3.63, 3.8) is 0 Å². The molecule has 0 spiro atoms. The summed E-state index contributed by atoms with van der Waals surface area (Å²) in [5.41, 5.74) is 5.25. The molecule has 0 aliphatic carbocycles. The van der Waals surface area contributed by atoms with Gasteiger partial charge in [0.25, 0.3) is 0 Å².